The van der Waals surface area contributed by atoms with Crippen molar-refractivity contribution < 1.29 is 15.0 Å². The molecule has 0 amide bonds. The molecule has 0 radical (unpaired) electrons. The van der Waals surface area contributed by atoms with E-state index in [0.717, 1.165) is 12.8 Å². The lowest BCUT2D eigenvalue weighted by Crippen LogP contribution is -2.25. The first kappa shape index (κ1) is 15.4. The van der Waals surface area contributed by atoms with E-state index in [2.05, 4.69) is 24.1 Å². The van der Waals surface area contributed by atoms with Gasteiger partial charge in [-0.05, 0) is 36.8 Å². The van der Waals surface area contributed by atoms with Gasteiger partial charge in [-0.3, -0.25) is 0 Å². The van der Waals surface area contributed by atoms with Crippen molar-refractivity contribution in [2.24, 2.45) is 5.41 Å². The average Bonchev–Trinajstić information content (AvgIpc) is 2.33. The van der Waals surface area contributed by atoms with Gasteiger partial charge in [-0.25, -0.2) is 9.78 Å². The number of aliphatic hydroxyl groups is 1. The number of anilines is 1. The summed E-state index contributed by atoms with van der Waals surface area (Å²) in [6, 6.07) is 1.69. The minimum Gasteiger partial charge on any atom is -0.478 e. The van der Waals surface area contributed by atoms with Crippen molar-refractivity contribution >= 4 is 11.8 Å². The van der Waals surface area contributed by atoms with Gasteiger partial charge in [-0.1, -0.05) is 13.8 Å². The standard InChI is InChI=1S/C14H22N2O3/c1-10-5-7-15-12(11(10)13(18)19)16-9-14(2,3)6-4-8-17/h5,7,17H,4,6,8-9H2,1-3H3,(H,15,16)(H,18,19). The summed E-state index contributed by atoms with van der Waals surface area (Å²) in [6.07, 6.45) is 3.21. The molecule has 106 valence electrons. The Labute approximate surface area is 113 Å². The van der Waals surface area contributed by atoms with Crippen LogP contribution in [0.3, 0.4) is 0 Å². The molecular weight excluding hydrogens is 244 g/mol. The molecule has 0 spiro atoms. The molecule has 0 aromatic carbocycles. The molecule has 0 aliphatic rings. The van der Waals surface area contributed by atoms with Gasteiger partial charge in [-0.2, -0.15) is 0 Å². The van der Waals surface area contributed by atoms with Crippen LogP contribution in [0.1, 0.15) is 42.6 Å². The summed E-state index contributed by atoms with van der Waals surface area (Å²) >= 11 is 0. The van der Waals surface area contributed by atoms with Gasteiger partial charge < -0.3 is 15.5 Å². The first-order chi connectivity index (χ1) is 8.87. The maximum Gasteiger partial charge on any atom is 0.339 e. The fraction of sp³-hybridized carbons (Fsp3) is 0.571. The molecule has 19 heavy (non-hydrogen) atoms. The number of aromatic carboxylic acids is 1. The summed E-state index contributed by atoms with van der Waals surface area (Å²) in [5, 5.41) is 21.2. The topological polar surface area (TPSA) is 82.5 Å². The third-order valence-electron chi connectivity index (χ3n) is 3.12. The number of nitrogens with zero attached hydrogens (tertiary/aromatic N) is 1. The second-order valence-corrected chi connectivity index (χ2v) is 5.50. The van der Waals surface area contributed by atoms with Crippen LogP contribution in [0.25, 0.3) is 0 Å². The van der Waals surface area contributed by atoms with Crippen LogP contribution < -0.4 is 5.32 Å². The molecule has 5 heteroatoms. The highest BCUT2D eigenvalue weighted by atomic mass is 16.4. The van der Waals surface area contributed by atoms with Crippen LogP contribution in [0.5, 0.6) is 0 Å². The van der Waals surface area contributed by atoms with Crippen LogP contribution in [0.2, 0.25) is 0 Å². The molecule has 1 rings (SSSR count). The zero-order valence-corrected chi connectivity index (χ0v) is 11.7. The molecule has 1 aromatic heterocycles. The Bertz CT molecular complexity index is 444. The summed E-state index contributed by atoms with van der Waals surface area (Å²) in [5.74, 6) is -0.564. The molecule has 5 nitrogen and oxygen atoms in total. The third kappa shape index (κ3) is 4.52. The van der Waals surface area contributed by atoms with E-state index in [1.165, 1.54) is 0 Å². The van der Waals surface area contributed by atoms with E-state index in [1.54, 1.807) is 19.2 Å². The van der Waals surface area contributed by atoms with Gasteiger partial charge in [0.2, 0.25) is 0 Å². The quantitative estimate of drug-likeness (QED) is 0.705. The fourth-order valence-corrected chi connectivity index (χ4v) is 1.93. The SMILES string of the molecule is Cc1ccnc(NCC(C)(C)CCCO)c1C(=O)O. The van der Waals surface area contributed by atoms with Gasteiger partial charge in [0.1, 0.15) is 11.4 Å². The summed E-state index contributed by atoms with van der Waals surface area (Å²) in [6.45, 7) is 6.70. The molecule has 0 unspecified atom stereocenters. The van der Waals surface area contributed by atoms with E-state index < -0.39 is 5.97 Å². The van der Waals surface area contributed by atoms with Crippen molar-refractivity contribution in [3.8, 4) is 0 Å². The van der Waals surface area contributed by atoms with Crippen molar-refractivity contribution in [2.45, 2.75) is 33.6 Å². The number of carboxylic acids is 1. The number of aryl methyl sites for hydroxylation is 1. The zero-order valence-electron chi connectivity index (χ0n) is 11.7. The van der Waals surface area contributed by atoms with E-state index in [4.69, 9.17) is 5.11 Å². The number of hydrogen-bond donors (Lipinski definition) is 3. The Morgan fingerprint density at radius 3 is 2.74 bits per heavy atom. The number of hydrogen-bond acceptors (Lipinski definition) is 4. The van der Waals surface area contributed by atoms with Gasteiger partial charge >= 0.3 is 5.97 Å². The normalized spacial score (nSPS) is 11.4. The summed E-state index contributed by atoms with van der Waals surface area (Å²) in [7, 11) is 0. The van der Waals surface area contributed by atoms with Gasteiger partial charge in [0.15, 0.2) is 0 Å². The van der Waals surface area contributed by atoms with Crippen LogP contribution in [-0.4, -0.2) is 34.3 Å². The lowest BCUT2D eigenvalue weighted by molar-refractivity contribution is 0.0696. The molecule has 0 atom stereocenters. The van der Waals surface area contributed by atoms with Gasteiger partial charge in [0.05, 0.1) is 0 Å². The van der Waals surface area contributed by atoms with Crippen LogP contribution in [0, 0.1) is 12.3 Å². The number of nitrogens with one attached hydrogen (secondary N) is 1. The Kier molecular flexibility index (Phi) is 5.30. The highest BCUT2D eigenvalue weighted by molar-refractivity contribution is 5.94. The predicted octanol–water partition coefficient (Wildman–Crippen LogP) is 2.30. The monoisotopic (exact) mass is 266 g/mol. The Morgan fingerprint density at radius 1 is 1.47 bits per heavy atom. The lowest BCUT2D eigenvalue weighted by Gasteiger charge is -2.25. The minimum absolute atomic E-state index is 0.0239. The van der Waals surface area contributed by atoms with Crippen LogP contribution in [-0.2, 0) is 0 Å². The van der Waals surface area contributed by atoms with E-state index in [9.17, 15) is 9.90 Å². The maximum atomic E-state index is 11.2. The number of pyridine rings is 1. The third-order valence-corrected chi connectivity index (χ3v) is 3.12. The Morgan fingerprint density at radius 2 is 2.16 bits per heavy atom. The van der Waals surface area contributed by atoms with Crippen LogP contribution >= 0.6 is 0 Å². The highest BCUT2D eigenvalue weighted by Crippen LogP contribution is 2.24. The molecule has 0 aliphatic heterocycles. The molecule has 0 aliphatic carbocycles. The summed E-state index contributed by atoms with van der Waals surface area (Å²) in [5.41, 5.74) is 0.892. The number of carboxylic acid groups (broad SMARTS) is 1. The molecule has 0 fully saturated rings. The van der Waals surface area contributed by atoms with Crippen molar-refractivity contribution in [3.05, 3.63) is 23.4 Å². The van der Waals surface area contributed by atoms with E-state index >= 15 is 0 Å². The zero-order chi connectivity index (χ0) is 14.5. The van der Waals surface area contributed by atoms with Crippen molar-refractivity contribution in [1.29, 1.82) is 0 Å². The number of rotatable bonds is 7. The van der Waals surface area contributed by atoms with E-state index in [0.29, 0.717) is 17.9 Å². The molecule has 0 bridgehead atoms. The largest absolute Gasteiger partial charge is 0.478 e. The molecule has 0 saturated carbocycles. The predicted molar refractivity (Wildman–Crippen MR) is 74.5 cm³/mol. The molecular formula is C14H22N2O3. The van der Waals surface area contributed by atoms with Gasteiger partial charge in [0, 0.05) is 19.3 Å². The van der Waals surface area contributed by atoms with E-state index in [-0.39, 0.29) is 17.6 Å². The first-order valence-corrected chi connectivity index (χ1v) is 6.41. The first-order valence-electron chi connectivity index (χ1n) is 6.41. The smallest absolute Gasteiger partial charge is 0.339 e. The van der Waals surface area contributed by atoms with Gasteiger partial charge in [-0.15, -0.1) is 0 Å². The molecule has 1 aromatic rings. The highest BCUT2D eigenvalue weighted by Gasteiger charge is 2.20. The van der Waals surface area contributed by atoms with Crippen molar-refractivity contribution in [3.63, 3.8) is 0 Å². The summed E-state index contributed by atoms with van der Waals surface area (Å²) in [4.78, 5) is 15.3. The van der Waals surface area contributed by atoms with Crippen LogP contribution in [0.4, 0.5) is 5.82 Å². The molecule has 3 N–H and O–H groups in total. The van der Waals surface area contributed by atoms with Gasteiger partial charge in [0.25, 0.3) is 0 Å². The van der Waals surface area contributed by atoms with Crippen molar-refractivity contribution in [2.75, 3.05) is 18.5 Å². The number of aliphatic hydroxyl groups excluding tert-OH is 1. The summed E-state index contributed by atoms with van der Waals surface area (Å²) < 4.78 is 0. The Balaban J connectivity index is 2.78. The number of carbonyl (C=O) groups is 1. The molecule has 1 heterocycles. The maximum absolute atomic E-state index is 11.2. The molecule has 0 saturated heterocycles. The minimum atomic E-state index is -0.971. The van der Waals surface area contributed by atoms with Crippen molar-refractivity contribution in [1.82, 2.24) is 4.98 Å². The van der Waals surface area contributed by atoms with Crippen LogP contribution in [0.15, 0.2) is 12.3 Å². The fourth-order valence-electron chi connectivity index (χ4n) is 1.93. The second kappa shape index (κ2) is 6.52. The van der Waals surface area contributed by atoms with E-state index in [1.807, 2.05) is 0 Å². The number of aromatic nitrogens is 1. The average molecular weight is 266 g/mol. The second-order valence-electron chi connectivity index (χ2n) is 5.50. The Hall–Kier alpha value is -1.62. The lowest BCUT2D eigenvalue weighted by atomic mass is 9.88.